The van der Waals surface area contributed by atoms with E-state index in [0.29, 0.717) is 19.0 Å². The molecule has 0 radical (unpaired) electrons. The van der Waals surface area contributed by atoms with Crippen LogP contribution in [0.15, 0.2) is 10.6 Å². The molecule has 2 heterocycles. The number of carbonyl (C=O) groups excluding carboxylic acids is 1. The van der Waals surface area contributed by atoms with Gasteiger partial charge in [0.25, 0.3) is 0 Å². The molecule has 0 aromatic carbocycles. The maximum atomic E-state index is 11.8. The molecule has 6 nitrogen and oxygen atoms in total. The summed E-state index contributed by atoms with van der Waals surface area (Å²) in [4.78, 5) is 13.6. The molecule has 0 aliphatic carbocycles. The van der Waals surface area contributed by atoms with E-state index < -0.39 is 5.60 Å². The number of aliphatic hydroxyl groups is 1. The summed E-state index contributed by atoms with van der Waals surface area (Å²) in [5.74, 6) is 0.203. The number of anilines is 1. The second-order valence-corrected chi connectivity index (χ2v) is 6.52. The second kappa shape index (κ2) is 4.61. The third-order valence-corrected chi connectivity index (χ3v) is 3.04. The summed E-state index contributed by atoms with van der Waals surface area (Å²) in [7, 11) is 0. The van der Waals surface area contributed by atoms with Crippen molar-refractivity contribution in [3.63, 3.8) is 0 Å². The topological polar surface area (TPSA) is 78.6 Å². The Labute approximate surface area is 112 Å². The Kier molecular flexibility index (Phi) is 3.40. The van der Waals surface area contributed by atoms with Gasteiger partial charge in [0.2, 0.25) is 11.8 Å². The largest absolute Gasteiger partial charge is 0.388 e. The van der Waals surface area contributed by atoms with Gasteiger partial charge in [-0.3, -0.25) is 15.0 Å². The van der Waals surface area contributed by atoms with E-state index in [1.807, 2.05) is 25.7 Å². The fraction of sp³-hybridized carbons (Fsp3) is 0.692. The first kappa shape index (κ1) is 14.0. The number of β-amino-alcohol motifs (C(OH)–C–C–N with tert-alkyl or cyclic N) is 1. The summed E-state index contributed by atoms with van der Waals surface area (Å²) in [6.07, 6.45) is 0. The molecule has 2 N–H and O–H groups in total. The average molecular weight is 267 g/mol. The predicted octanol–water partition coefficient (Wildman–Crippen LogP) is 0.977. The fourth-order valence-corrected chi connectivity index (χ4v) is 2.10. The molecular formula is C13H21N3O3. The summed E-state index contributed by atoms with van der Waals surface area (Å²) in [6, 6.07) is 1.74. The van der Waals surface area contributed by atoms with Crippen molar-refractivity contribution in [2.45, 2.75) is 38.7 Å². The van der Waals surface area contributed by atoms with Crippen LogP contribution in [0.25, 0.3) is 0 Å². The molecule has 0 atom stereocenters. The van der Waals surface area contributed by atoms with E-state index in [1.165, 1.54) is 0 Å². The Bertz CT molecular complexity index is 466. The number of hydrogen-bond donors (Lipinski definition) is 2. The zero-order chi connectivity index (χ0) is 14.3. The molecule has 1 aromatic rings. The van der Waals surface area contributed by atoms with Crippen LogP contribution in [-0.2, 0) is 10.2 Å². The van der Waals surface area contributed by atoms with E-state index in [4.69, 9.17) is 4.52 Å². The number of likely N-dealkylation sites (tertiary alicyclic amines) is 1. The molecule has 1 aliphatic rings. The Morgan fingerprint density at radius 2 is 2.21 bits per heavy atom. The molecule has 19 heavy (non-hydrogen) atoms. The van der Waals surface area contributed by atoms with Crippen LogP contribution >= 0.6 is 0 Å². The number of nitrogens with one attached hydrogen (secondary N) is 1. The highest BCUT2D eigenvalue weighted by molar-refractivity contribution is 5.91. The summed E-state index contributed by atoms with van der Waals surface area (Å²) >= 11 is 0. The van der Waals surface area contributed by atoms with Crippen LogP contribution in [0.3, 0.4) is 0 Å². The molecule has 0 bridgehead atoms. The van der Waals surface area contributed by atoms with Gasteiger partial charge in [-0.1, -0.05) is 25.9 Å². The van der Waals surface area contributed by atoms with E-state index in [-0.39, 0.29) is 17.9 Å². The molecule has 1 amide bonds. The van der Waals surface area contributed by atoms with Crippen molar-refractivity contribution >= 4 is 11.8 Å². The molecule has 1 aliphatic heterocycles. The van der Waals surface area contributed by atoms with Crippen LogP contribution in [0.2, 0.25) is 0 Å². The summed E-state index contributed by atoms with van der Waals surface area (Å²) in [6.45, 7) is 9.12. The maximum absolute atomic E-state index is 11.8. The Morgan fingerprint density at radius 3 is 2.68 bits per heavy atom. The molecule has 0 saturated carbocycles. The van der Waals surface area contributed by atoms with Gasteiger partial charge in [-0.25, -0.2) is 0 Å². The van der Waals surface area contributed by atoms with Gasteiger partial charge in [-0.05, 0) is 6.92 Å². The summed E-state index contributed by atoms with van der Waals surface area (Å²) < 4.78 is 5.09. The minimum atomic E-state index is -0.661. The predicted molar refractivity (Wildman–Crippen MR) is 70.9 cm³/mol. The molecule has 1 saturated heterocycles. The number of amides is 1. The first-order valence-electron chi connectivity index (χ1n) is 6.37. The molecule has 6 heteroatoms. The molecule has 1 aromatic heterocycles. The lowest BCUT2D eigenvalue weighted by molar-refractivity contribution is -0.125. The molecule has 1 fully saturated rings. The van der Waals surface area contributed by atoms with Crippen LogP contribution in [0.5, 0.6) is 0 Å². The first-order valence-corrected chi connectivity index (χ1v) is 6.37. The quantitative estimate of drug-likeness (QED) is 0.853. The highest BCUT2D eigenvalue weighted by Gasteiger charge is 2.37. The van der Waals surface area contributed by atoms with Crippen molar-refractivity contribution in [2.75, 3.05) is 25.0 Å². The van der Waals surface area contributed by atoms with Crippen molar-refractivity contribution in [1.82, 2.24) is 10.1 Å². The van der Waals surface area contributed by atoms with E-state index in [2.05, 4.69) is 10.5 Å². The number of nitrogens with zero attached hydrogens (tertiary/aromatic N) is 2. The highest BCUT2D eigenvalue weighted by atomic mass is 16.5. The number of hydrogen-bond acceptors (Lipinski definition) is 5. The molecule has 0 spiro atoms. The van der Waals surface area contributed by atoms with Gasteiger partial charge >= 0.3 is 0 Å². The van der Waals surface area contributed by atoms with Gasteiger partial charge in [0.05, 0.1) is 17.8 Å². The summed E-state index contributed by atoms with van der Waals surface area (Å²) in [5.41, 5.74) is 0.0314. The lowest BCUT2D eigenvalue weighted by atomic mass is 9.92. The molecule has 106 valence electrons. The lowest BCUT2D eigenvalue weighted by Gasteiger charge is -2.43. The fourth-order valence-electron chi connectivity index (χ4n) is 2.10. The SMILES string of the molecule is CC1(O)CN(CC(=O)Nc2cc(C(C)(C)C)no2)C1. The van der Waals surface area contributed by atoms with Gasteiger partial charge < -0.3 is 9.63 Å². The van der Waals surface area contributed by atoms with Crippen LogP contribution in [0, 0.1) is 0 Å². The zero-order valence-corrected chi connectivity index (χ0v) is 11.9. The Balaban J connectivity index is 1.84. The molecule has 2 rings (SSSR count). The maximum Gasteiger partial charge on any atom is 0.240 e. The van der Waals surface area contributed by atoms with Crippen LogP contribution in [0.4, 0.5) is 5.88 Å². The summed E-state index contributed by atoms with van der Waals surface area (Å²) in [5, 5.41) is 16.2. The van der Waals surface area contributed by atoms with E-state index in [9.17, 15) is 9.90 Å². The standard InChI is InChI=1S/C13H21N3O3/c1-12(2,3)9-5-11(19-15-9)14-10(17)6-16-7-13(4,18)8-16/h5,18H,6-8H2,1-4H3,(H,14,17). The van der Waals surface area contributed by atoms with Gasteiger partial charge in [0.15, 0.2) is 0 Å². The van der Waals surface area contributed by atoms with Gasteiger partial charge in [0, 0.05) is 24.6 Å². The monoisotopic (exact) mass is 267 g/mol. The Morgan fingerprint density at radius 1 is 1.58 bits per heavy atom. The number of carbonyl (C=O) groups is 1. The second-order valence-electron chi connectivity index (χ2n) is 6.52. The minimum Gasteiger partial charge on any atom is -0.388 e. The van der Waals surface area contributed by atoms with Crippen molar-refractivity contribution in [1.29, 1.82) is 0 Å². The number of aromatic nitrogens is 1. The zero-order valence-electron chi connectivity index (χ0n) is 11.9. The highest BCUT2D eigenvalue weighted by Crippen LogP contribution is 2.24. The van der Waals surface area contributed by atoms with Crippen LogP contribution in [-0.4, -0.2) is 46.3 Å². The third kappa shape index (κ3) is 3.54. The smallest absolute Gasteiger partial charge is 0.240 e. The van der Waals surface area contributed by atoms with E-state index >= 15 is 0 Å². The van der Waals surface area contributed by atoms with Crippen LogP contribution < -0.4 is 5.32 Å². The normalized spacial score (nSPS) is 19.0. The van der Waals surface area contributed by atoms with Crippen LogP contribution in [0.1, 0.15) is 33.4 Å². The lowest BCUT2D eigenvalue weighted by Crippen LogP contribution is -2.61. The van der Waals surface area contributed by atoms with E-state index in [1.54, 1.807) is 13.0 Å². The third-order valence-electron chi connectivity index (χ3n) is 3.04. The molecular weight excluding hydrogens is 246 g/mol. The number of rotatable bonds is 3. The average Bonchev–Trinajstić information content (AvgIpc) is 2.62. The van der Waals surface area contributed by atoms with Gasteiger partial charge in [-0.15, -0.1) is 0 Å². The van der Waals surface area contributed by atoms with Crippen molar-refractivity contribution < 1.29 is 14.4 Å². The molecule has 0 unspecified atom stereocenters. The van der Waals surface area contributed by atoms with Crippen molar-refractivity contribution in [3.05, 3.63) is 11.8 Å². The minimum absolute atomic E-state index is 0.108. The van der Waals surface area contributed by atoms with E-state index in [0.717, 1.165) is 5.69 Å². The van der Waals surface area contributed by atoms with Crippen molar-refractivity contribution in [3.8, 4) is 0 Å². The van der Waals surface area contributed by atoms with Gasteiger partial charge in [0.1, 0.15) is 0 Å². The Hall–Kier alpha value is -1.40. The van der Waals surface area contributed by atoms with Crippen molar-refractivity contribution in [2.24, 2.45) is 0 Å². The first-order chi connectivity index (χ1) is 8.66. The van der Waals surface area contributed by atoms with Gasteiger partial charge in [-0.2, -0.15) is 0 Å².